The molecule has 0 saturated heterocycles. The van der Waals surface area contributed by atoms with E-state index in [4.69, 9.17) is 4.98 Å². The second-order valence-corrected chi connectivity index (χ2v) is 6.29. The van der Waals surface area contributed by atoms with E-state index >= 15 is 0 Å². The van der Waals surface area contributed by atoms with Gasteiger partial charge in [-0.3, -0.25) is 0 Å². The molecule has 4 nitrogen and oxygen atoms in total. The van der Waals surface area contributed by atoms with Crippen molar-refractivity contribution < 1.29 is 9.90 Å². The van der Waals surface area contributed by atoms with Gasteiger partial charge in [0.15, 0.2) is 0 Å². The maximum absolute atomic E-state index is 11.5. The van der Waals surface area contributed by atoms with Crippen LogP contribution in [0.25, 0.3) is 11.0 Å². The second kappa shape index (κ2) is 4.33. The van der Waals surface area contributed by atoms with Crippen LogP contribution in [0.1, 0.15) is 62.1 Å². The molecular weight excluding hydrogens is 252 g/mol. The van der Waals surface area contributed by atoms with Crippen molar-refractivity contribution in [2.75, 3.05) is 0 Å². The second-order valence-electron chi connectivity index (χ2n) is 6.29. The van der Waals surface area contributed by atoms with E-state index in [9.17, 15) is 9.90 Å². The molecular formula is C16H20N2O2. The summed E-state index contributed by atoms with van der Waals surface area (Å²) in [6.07, 6.45) is 3.38. The lowest BCUT2D eigenvalue weighted by Gasteiger charge is -2.42. The Hall–Kier alpha value is -1.84. The van der Waals surface area contributed by atoms with Gasteiger partial charge in [-0.2, -0.15) is 0 Å². The van der Waals surface area contributed by atoms with Crippen molar-refractivity contribution in [2.24, 2.45) is 0 Å². The average Bonchev–Trinajstić information content (AvgIpc) is 2.75. The average molecular weight is 272 g/mol. The van der Waals surface area contributed by atoms with Crippen LogP contribution in [0.15, 0.2) is 18.2 Å². The van der Waals surface area contributed by atoms with Gasteiger partial charge < -0.3 is 9.67 Å². The minimum absolute atomic E-state index is 0.0138. The third-order valence-electron chi connectivity index (χ3n) is 4.42. The summed E-state index contributed by atoms with van der Waals surface area (Å²) in [7, 11) is 0. The first-order valence-electron chi connectivity index (χ1n) is 7.19. The highest BCUT2D eigenvalue weighted by molar-refractivity contribution is 6.01. The first-order chi connectivity index (χ1) is 9.44. The van der Waals surface area contributed by atoms with Crippen molar-refractivity contribution in [2.45, 2.75) is 51.5 Å². The molecule has 20 heavy (non-hydrogen) atoms. The predicted molar refractivity (Wildman–Crippen MR) is 78.3 cm³/mol. The fourth-order valence-corrected chi connectivity index (χ4v) is 3.16. The monoisotopic (exact) mass is 272 g/mol. The van der Waals surface area contributed by atoms with Gasteiger partial charge >= 0.3 is 5.97 Å². The standard InChI is InChI=1S/C16H20N2O2/c1-10(2)14-17-12-7-4-6-11(15(19)20)13(12)18(14)16(3)8-5-9-16/h4,6-7,10H,5,8-9H2,1-3H3,(H,19,20). The summed E-state index contributed by atoms with van der Waals surface area (Å²) in [5, 5.41) is 9.47. The van der Waals surface area contributed by atoms with Crippen LogP contribution >= 0.6 is 0 Å². The molecule has 4 heteroatoms. The van der Waals surface area contributed by atoms with Crippen LogP contribution in [0.5, 0.6) is 0 Å². The Kier molecular flexibility index (Phi) is 2.85. The minimum Gasteiger partial charge on any atom is -0.478 e. The molecule has 1 aliphatic rings. The normalized spacial score (nSPS) is 17.4. The van der Waals surface area contributed by atoms with E-state index in [1.165, 1.54) is 6.42 Å². The highest BCUT2D eigenvalue weighted by Crippen LogP contribution is 2.43. The lowest BCUT2D eigenvalue weighted by Crippen LogP contribution is -2.38. The van der Waals surface area contributed by atoms with Gasteiger partial charge in [-0.15, -0.1) is 0 Å². The van der Waals surface area contributed by atoms with E-state index in [-0.39, 0.29) is 11.5 Å². The topological polar surface area (TPSA) is 55.1 Å². The van der Waals surface area contributed by atoms with Gasteiger partial charge in [0, 0.05) is 11.5 Å². The Labute approximate surface area is 118 Å². The number of rotatable bonds is 3. The summed E-state index contributed by atoms with van der Waals surface area (Å²) in [5.74, 6) is 0.396. The molecule has 0 spiro atoms. The Morgan fingerprint density at radius 2 is 2.10 bits per heavy atom. The van der Waals surface area contributed by atoms with Crippen LogP contribution in [0, 0.1) is 0 Å². The number of para-hydroxylation sites is 1. The summed E-state index contributed by atoms with van der Waals surface area (Å²) < 4.78 is 2.19. The van der Waals surface area contributed by atoms with E-state index in [1.807, 2.05) is 6.07 Å². The molecule has 2 aromatic rings. The first-order valence-corrected chi connectivity index (χ1v) is 7.19. The molecule has 1 aliphatic carbocycles. The van der Waals surface area contributed by atoms with Crippen LogP contribution < -0.4 is 0 Å². The Morgan fingerprint density at radius 1 is 1.40 bits per heavy atom. The highest BCUT2D eigenvalue weighted by atomic mass is 16.4. The number of hydrogen-bond acceptors (Lipinski definition) is 2. The number of carbonyl (C=O) groups is 1. The number of aromatic carboxylic acids is 1. The van der Waals surface area contributed by atoms with Gasteiger partial charge in [0.05, 0.1) is 16.6 Å². The molecule has 106 valence electrons. The molecule has 3 rings (SSSR count). The molecule has 0 bridgehead atoms. The third-order valence-corrected chi connectivity index (χ3v) is 4.42. The highest BCUT2D eigenvalue weighted by Gasteiger charge is 2.38. The predicted octanol–water partition coefficient (Wildman–Crippen LogP) is 3.76. The van der Waals surface area contributed by atoms with Gasteiger partial charge in [0.2, 0.25) is 0 Å². The number of aromatic nitrogens is 2. The lowest BCUT2D eigenvalue weighted by molar-refractivity contribution is 0.0697. The summed E-state index contributed by atoms with van der Waals surface area (Å²) in [4.78, 5) is 16.2. The van der Waals surface area contributed by atoms with Gasteiger partial charge in [0.25, 0.3) is 0 Å². The van der Waals surface area contributed by atoms with Crippen molar-refractivity contribution in [3.05, 3.63) is 29.6 Å². The van der Waals surface area contributed by atoms with Gasteiger partial charge in [0.1, 0.15) is 5.82 Å². The molecule has 0 amide bonds. The maximum atomic E-state index is 11.5. The fraction of sp³-hybridized carbons (Fsp3) is 0.500. The van der Waals surface area contributed by atoms with E-state index in [1.54, 1.807) is 12.1 Å². The summed E-state index contributed by atoms with van der Waals surface area (Å²) >= 11 is 0. The quantitative estimate of drug-likeness (QED) is 0.925. The van der Waals surface area contributed by atoms with Crippen molar-refractivity contribution in [1.82, 2.24) is 9.55 Å². The summed E-state index contributed by atoms with van der Waals surface area (Å²) in [6.45, 7) is 6.43. The molecule has 1 fully saturated rings. The minimum atomic E-state index is -0.880. The molecule has 0 aliphatic heterocycles. The van der Waals surface area contributed by atoms with Crippen molar-refractivity contribution in [3.8, 4) is 0 Å². The zero-order chi connectivity index (χ0) is 14.5. The van der Waals surface area contributed by atoms with Crippen LogP contribution in [0.4, 0.5) is 0 Å². The van der Waals surface area contributed by atoms with Crippen LogP contribution in [0.2, 0.25) is 0 Å². The lowest BCUT2D eigenvalue weighted by atomic mass is 9.77. The zero-order valence-electron chi connectivity index (χ0n) is 12.2. The summed E-state index contributed by atoms with van der Waals surface area (Å²) in [5.41, 5.74) is 1.95. The number of imidazole rings is 1. The number of fused-ring (bicyclic) bond motifs is 1. The van der Waals surface area contributed by atoms with Crippen LogP contribution in [-0.2, 0) is 5.54 Å². The number of benzene rings is 1. The van der Waals surface area contributed by atoms with Gasteiger partial charge in [-0.25, -0.2) is 9.78 Å². The van der Waals surface area contributed by atoms with Crippen LogP contribution in [-0.4, -0.2) is 20.6 Å². The zero-order valence-corrected chi connectivity index (χ0v) is 12.2. The Morgan fingerprint density at radius 3 is 2.60 bits per heavy atom. The van der Waals surface area contributed by atoms with E-state index in [0.717, 1.165) is 29.7 Å². The molecule has 1 saturated carbocycles. The third kappa shape index (κ3) is 1.74. The smallest absolute Gasteiger partial charge is 0.337 e. The van der Waals surface area contributed by atoms with Gasteiger partial charge in [-0.05, 0) is 38.3 Å². The number of carboxylic acid groups (broad SMARTS) is 1. The van der Waals surface area contributed by atoms with Crippen molar-refractivity contribution in [3.63, 3.8) is 0 Å². The molecule has 1 aromatic carbocycles. The molecule has 1 aromatic heterocycles. The largest absolute Gasteiger partial charge is 0.478 e. The molecule has 0 atom stereocenters. The molecule has 0 unspecified atom stereocenters. The Bertz CT molecular complexity index is 681. The Balaban J connectivity index is 2.38. The number of carboxylic acids is 1. The van der Waals surface area contributed by atoms with E-state index in [0.29, 0.717) is 5.56 Å². The number of nitrogens with zero attached hydrogens (tertiary/aromatic N) is 2. The first kappa shape index (κ1) is 13.2. The van der Waals surface area contributed by atoms with E-state index < -0.39 is 5.97 Å². The molecule has 1 heterocycles. The summed E-state index contributed by atoms with van der Waals surface area (Å²) in [6, 6.07) is 5.36. The van der Waals surface area contributed by atoms with Crippen molar-refractivity contribution >= 4 is 17.0 Å². The van der Waals surface area contributed by atoms with Gasteiger partial charge in [-0.1, -0.05) is 19.9 Å². The number of hydrogen-bond donors (Lipinski definition) is 1. The van der Waals surface area contributed by atoms with E-state index in [2.05, 4.69) is 25.3 Å². The SMILES string of the molecule is CC(C)c1nc2cccc(C(=O)O)c2n1C1(C)CCC1. The fourth-order valence-electron chi connectivity index (χ4n) is 3.16. The van der Waals surface area contributed by atoms with Crippen LogP contribution in [0.3, 0.4) is 0 Å². The van der Waals surface area contributed by atoms with Crippen molar-refractivity contribution in [1.29, 1.82) is 0 Å². The molecule has 0 radical (unpaired) electrons. The maximum Gasteiger partial charge on any atom is 0.337 e. The molecule has 1 N–H and O–H groups in total.